The fourth-order valence-corrected chi connectivity index (χ4v) is 5.32. The number of amides is 2. The molecule has 2 amide bonds. The lowest BCUT2D eigenvalue weighted by Crippen LogP contribution is -2.49. The smallest absolute Gasteiger partial charge is 0.256 e. The highest BCUT2D eigenvalue weighted by Crippen LogP contribution is 2.31. The molecule has 164 valence electrons. The molecule has 1 aliphatic rings. The van der Waals surface area contributed by atoms with Gasteiger partial charge in [-0.05, 0) is 42.0 Å². The molecule has 9 heteroatoms. The quantitative estimate of drug-likeness (QED) is 0.493. The number of rotatable bonds is 4. The van der Waals surface area contributed by atoms with Crippen LogP contribution in [0.4, 0.5) is 5.82 Å². The van der Waals surface area contributed by atoms with Crippen molar-refractivity contribution in [2.24, 2.45) is 5.73 Å². The Balaban J connectivity index is 1.41. The number of carbonyl (C=O) groups excluding carboxylic acids is 2. The van der Waals surface area contributed by atoms with Crippen molar-refractivity contribution in [2.45, 2.75) is 13.0 Å². The summed E-state index contributed by atoms with van der Waals surface area (Å²) in [5.41, 5.74) is 6.80. The van der Waals surface area contributed by atoms with Crippen molar-refractivity contribution in [1.29, 1.82) is 0 Å². The van der Waals surface area contributed by atoms with E-state index in [1.807, 2.05) is 23.2 Å². The van der Waals surface area contributed by atoms with E-state index in [0.29, 0.717) is 36.8 Å². The molecular weight excluding hydrogens is 446 g/mol. The van der Waals surface area contributed by atoms with E-state index in [4.69, 9.17) is 17.3 Å². The number of nitrogens with two attached hydrogens (primary N) is 1. The molecule has 0 radical (unpaired) electrons. The second kappa shape index (κ2) is 8.11. The van der Waals surface area contributed by atoms with Gasteiger partial charge in [-0.2, -0.15) is 0 Å². The van der Waals surface area contributed by atoms with Crippen molar-refractivity contribution in [3.8, 4) is 0 Å². The van der Waals surface area contributed by atoms with Crippen LogP contribution in [-0.2, 0) is 4.79 Å². The van der Waals surface area contributed by atoms with Crippen molar-refractivity contribution in [1.82, 2.24) is 14.5 Å². The number of pyridine rings is 1. The van der Waals surface area contributed by atoms with Gasteiger partial charge in [-0.3, -0.25) is 9.59 Å². The lowest BCUT2D eigenvalue weighted by Gasteiger charge is -2.35. The minimum atomic E-state index is -0.591. The van der Waals surface area contributed by atoms with E-state index in [2.05, 4.69) is 21.3 Å². The fraction of sp³-hybridized carbons (Fsp3) is 0.261. The van der Waals surface area contributed by atoms with Gasteiger partial charge in [0.1, 0.15) is 11.9 Å². The van der Waals surface area contributed by atoms with Gasteiger partial charge in [0.25, 0.3) is 5.91 Å². The Kier molecular flexibility index (Phi) is 5.27. The highest BCUT2D eigenvalue weighted by Gasteiger charge is 2.27. The van der Waals surface area contributed by atoms with Crippen LogP contribution >= 0.6 is 22.9 Å². The molecule has 4 heterocycles. The Bertz CT molecular complexity index is 1340. The largest absolute Gasteiger partial charge is 0.368 e. The lowest BCUT2D eigenvalue weighted by atomic mass is 10.1. The summed E-state index contributed by atoms with van der Waals surface area (Å²) >= 11 is 7.87. The van der Waals surface area contributed by atoms with E-state index in [1.165, 1.54) is 10.1 Å². The Labute approximate surface area is 194 Å². The molecular formula is C23H22ClN5O2S. The van der Waals surface area contributed by atoms with Gasteiger partial charge in [0.2, 0.25) is 5.91 Å². The average Bonchev–Trinajstić information content (AvgIpc) is 3.42. The normalized spacial score (nSPS) is 15.4. The molecule has 1 atom stereocenters. The zero-order valence-corrected chi connectivity index (χ0v) is 19.1. The van der Waals surface area contributed by atoms with E-state index in [9.17, 15) is 9.59 Å². The van der Waals surface area contributed by atoms with Gasteiger partial charge in [0, 0.05) is 49.0 Å². The van der Waals surface area contributed by atoms with Crippen LogP contribution in [0.25, 0.3) is 21.0 Å². The van der Waals surface area contributed by atoms with Gasteiger partial charge < -0.3 is 20.1 Å². The van der Waals surface area contributed by atoms with E-state index < -0.39 is 11.9 Å². The number of halogens is 1. The van der Waals surface area contributed by atoms with Gasteiger partial charge >= 0.3 is 0 Å². The molecule has 0 saturated carbocycles. The molecule has 5 rings (SSSR count). The maximum Gasteiger partial charge on any atom is 0.256 e. The van der Waals surface area contributed by atoms with Crippen LogP contribution in [0.2, 0.25) is 5.02 Å². The zero-order valence-electron chi connectivity index (χ0n) is 17.5. The number of nitrogens with zero attached hydrogens (tertiary/aromatic N) is 4. The first kappa shape index (κ1) is 20.8. The number of benzene rings is 1. The third-order valence-electron chi connectivity index (χ3n) is 6.07. The van der Waals surface area contributed by atoms with Crippen LogP contribution in [0.15, 0.2) is 48.1 Å². The average molecular weight is 468 g/mol. The summed E-state index contributed by atoms with van der Waals surface area (Å²) in [6, 6.07) is 8.87. The maximum absolute atomic E-state index is 13.4. The molecule has 1 saturated heterocycles. The summed E-state index contributed by atoms with van der Waals surface area (Å²) in [6.07, 6.45) is 3.56. The second-order valence-electron chi connectivity index (χ2n) is 7.94. The molecule has 0 aliphatic carbocycles. The number of hydrogen-bond acceptors (Lipinski definition) is 5. The molecule has 0 spiro atoms. The standard InChI is InChI=1S/C23H22ClN5O2S/c1-14(21(25)30)29-13-18(17-3-2-16(24)12-19(17)29)23(31)28-9-7-27(8-10-28)22-20-15(4-6-26-22)5-11-32-20/h2-6,11-14H,7-10H2,1H3,(H2,25,30). The summed E-state index contributed by atoms with van der Waals surface area (Å²) in [7, 11) is 0. The number of anilines is 1. The first-order valence-electron chi connectivity index (χ1n) is 10.4. The number of carbonyl (C=O) groups is 2. The van der Waals surface area contributed by atoms with Crippen LogP contribution in [0.5, 0.6) is 0 Å². The topological polar surface area (TPSA) is 84.5 Å². The zero-order chi connectivity index (χ0) is 22.4. The second-order valence-corrected chi connectivity index (χ2v) is 9.30. The molecule has 3 aromatic heterocycles. The summed E-state index contributed by atoms with van der Waals surface area (Å²) in [5, 5.41) is 4.56. The summed E-state index contributed by atoms with van der Waals surface area (Å²) in [5.74, 6) is 0.450. The van der Waals surface area contributed by atoms with Crippen molar-refractivity contribution in [2.75, 3.05) is 31.1 Å². The number of piperazine rings is 1. The first-order valence-corrected chi connectivity index (χ1v) is 11.7. The minimum Gasteiger partial charge on any atom is -0.368 e. The van der Waals surface area contributed by atoms with E-state index in [1.54, 1.807) is 41.2 Å². The van der Waals surface area contributed by atoms with Gasteiger partial charge in [-0.1, -0.05) is 17.7 Å². The third kappa shape index (κ3) is 3.49. The number of fused-ring (bicyclic) bond motifs is 2. The molecule has 4 aromatic rings. The summed E-state index contributed by atoms with van der Waals surface area (Å²) in [4.78, 5) is 34.0. The van der Waals surface area contributed by atoms with Crippen LogP contribution < -0.4 is 10.6 Å². The Morgan fingerprint density at radius 3 is 2.69 bits per heavy atom. The number of primary amides is 1. The van der Waals surface area contributed by atoms with Crippen LogP contribution in [0.1, 0.15) is 23.3 Å². The summed E-state index contributed by atoms with van der Waals surface area (Å²) in [6.45, 7) is 4.31. The predicted octanol–water partition coefficient (Wildman–Crippen LogP) is 3.91. The highest BCUT2D eigenvalue weighted by molar-refractivity contribution is 7.17. The molecule has 32 heavy (non-hydrogen) atoms. The van der Waals surface area contributed by atoms with E-state index >= 15 is 0 Å². The third-order valence-corrected chi connectivity index (χ3v) is 7.23. The molecule has 1 aromatic carbocycles. The maximum atomic E-state index is 13.4. The molecule has 7 nitrogen and oxygen atoms in total. The van der Waals surface area contributed by atoms with Crippen LogP contribution in [0.3, 0.4) is 0 Å². The predicted molar refractivity (Wildman–Crippen MR) is 129 cm³/mol. The van der Waals surface area contributed by atoms with Crippen molar-refractivity contribution in [3.63, 3.8) is 0 Å². The Hall–Kier alpha value is -3.10. The van der Waals surface area contributed by atoms with Gasteiger partial charge in [0.15, 0.2) is 0 Å². The van der Waals surface area contributed by atoms with Crippen LogP contribution in [0, 0.1) is 0 Å². The number of hydrogen-bond donors (Lipinski definition) is 1. The minimum absolute atomic E-state index is 0.0605. The number of thiophene rings is 1. The Morgan fingerprint density at radius 2 is 1.94 bits per heavy atom. The van der Waals surface area contributed by atoms with Crippen LogP contribution in [-0.4, -0.2) is 52.4 Å². The molecule has 1 fully saturated rings. The van der Waals surface area contributed by atoms with Crippen molar-refractivity contribution in [3.05, 3.63) is 58.7 Å². The molecule has 1 aliphatic heterocycles. The van der Waals surface area contributed by atoms with E-state index in [-0.39, 0.29) is 5.91 Å². The first-order chi connectivity index (χ1) is 15.4. The monoisotopic (exact) mass is 467 g/mol. The van der Waals surface area contributed by atoms with Crippen molar-refractivity contribution < 1.29 is 9.59 Å². The molecule has 2 N–H and O–H groups in total. The van der Waals surface area contributed by atoms with Gasteiger partial charge in [0.05, 0.1) is 15.8 Å². The van der Waals surface area contributed by atoms with E-state index in [0.717, 1.165) is 16.7 Å². The summed E-state index contributed by atoms with van der Waals surface area (Å²) < 4.78 is 2.90. The molecule has 0 bridgehead atoms. The fourth-order valence-electron chi connectivity index (χ4n) is 4.25. The SMILES string of the molecule is CC(C(N)=O)n1cc(C(=O)N2CCN(c3nccc4ccsc34)CC2)c2ccc(Cl)cc21. The number of aromatic nitrogens is 2. The molecule has 1 unspecified atom stereocenters. The van der Waals surface area contributed by atoms with Gasteiger partial charge in [-0.15, -0.1) is 11.3 Å². The highest BCUT2D eigenvalue weighted by atomic mass is 35.5. The van der Waals surface area contributed by atoms with Crippen molar-refractivity contribution >= 4 is 61.6 Å². The lowest BCUT2D eigenvalue weighted by molar-refractivity contribution is -0.120. The Morgan fingerprint density at radius 1 is 1.16 bits per heavy atom. The van der Waals surface area contributed by atoms with Gasteiger partial charge in [-0.25, -0.2) is 4.98 Å².